The first-order valence-corrected chi connectivity index (χ1v) is 10.5. The van der Waals surface area contributed by atoms with Crippen LogP contribution in [0.5, 0.6) is 0 Å². The highest BCUT2D eigenvalue weighted by molar-refractivity contribution is 7.17. The average molecular weight is 410 g/mol. The molecule has 2 aromatic heterocycles. The summed E-state index contributed by atoms with van der Waals surface area (Å²) in [5.74, 6) is -0.490. The van der Waals surface area contributed by atoms with Crippen LogP contribution in [0.1, 0.15) is 60.3 Å². The monoisotopic (exact) mass is 409 g/mol. The van der Waals surface area contributed by atoms with E-state index in [-0.39, 0.29) is 24.4 Å². The number of carbonyl (C=O) groups excluding carboxylic acids is 2. The van der Waals surface area contributed by atoms with Crippen LogP contribution in [0.15, 0.2) is 12.4 Å². The van der Waals surface area contributed by atoms with Gasteiger partial charge in [0.1, 0.15) is 5.00 Å². The lowest BCUT2D eigenvalue weighted by Crippen LogP contribution is -2.19. The molecule has 3 rings (SSSR count). The van der Waals surface area contributed by atoms with Gasteiger partial charge in [-0.3, -0.25) is 9.48 Å². The predicted molar refractivity (Wildman–Crippen MR) is 107 cm³/mol. The fraction of sp³-hybridized carbons (Fsp3) is 0.526. The second kappa shape index (κ2) is 8.89. The second-order valence-corrected chi connectivity index (χ2v) is 8.30. The zero-order valence-corrected chi connectivity index (χ0v) is 17.2. The van der Waals surface area contributed by atoms with E-state index >= 15 is 0 Å². The predicted octanol–water partition coefficient (Wildman–Crippen LogP) is 4.46. The Labute approximate surface area is 167 Å². The first kappa shape index (κ1) is 19.9. The number of amides is 1. The van der Waals surface area contributed by atoms with E-state index in [9.17, 15) is 9.59 Å². The van der Waals surface area contributed by atoms with Crippen LogP contribution in [-0.4, -0.2) is 27.8 Å². The number of nitrogens with one attached hydrogen (secondary N) is 1. The molecule has 1 amide bonds. The molecule has 6 nitrogen and oxygen atoms in total. The molecule has 0 radical (unpaired) electrons. The van der Waals surface area contributed by atoms with Gasteiger partial charge in [-0.1, -0.05) is 18.5 Å². The van der Waals surface area contributed by atoms with Crippen LogP contribution in [0, 0.1) is 0 Å². The minimum absolute atomic E-state index is 0.148. The van der Waals surface area contributed by atoms with Gasteiger partial charge in [0.2, 0.25) is 5.91 Å². The number of aryl methyl sites for hydroxylation is 2. The van der Waals surface area contributed by atoms with Gasteiger partial charge in [-0.05, 0) is 44.6 Å². The van der Waals surface area contributed by atoms with Crippen molar-refractivity contribution in [2.45, 2.75) is 65.0 Å². The van der Waals surface area contributed by atoms with Crippen LogP contribution in [0.4, 0.5) is 5.00 Å². The van der Waals surface area contributed by atoms with Gasteiger partial charge in [0, 0.05) is 24.0 Å². The molecule has 0 saturated carbocycles. The van der Waals surface area contributed by atoms with E-state index in [2.05, 4.69) is 10.4 Å². The summed E-state index contributed by atoms with van der Waals surface area (Å²) >= 11 is 7.34. The van der Waals surface area contributed by atoms with Crippen molar-refractivity contribution < 1.29 is 14.3 Å². The van der Waals surface area contributed by atoms with Crippen LogP contribution in [0.25, 0.3) is 0 Å². The number of carbonyl (C=O) groups is 2. The van der Waals surface area contributed by atoms with Crippen molar-refractivity contribution in [1.29, 1.82) is 0 Å². The third kappa shape index (κ3) is 4.90. The Hall–Kier alpha value is -1.86. The van der Waals surface area contributed by atoms with Crippen LogP contribution >= 0.6 is 22.9 Å². The molecule has 2 aromatic rings. The molecule has 146 valence electrons. The lowest BCUT2D eigenvalue weighted by molar-refractivity contribution is -0.116. The summed E-state index contributed by atoms with van der Waals surface area (Å²) in [5, 5.41) is 8.14. The second-order valence-electron chi connectivity index (χ2n) is 6.76. The van der Waals surface area contributed by atoms with Crippen LogP contribution in [0.3, 0.4) is 0 Å². The van der Waals surface area contributed by atoms with Gasteiger partial charge in [0.05, 0.1) is 22.9 Å². The van der Waals surface area contributed by atoms with E-state index in [0.717, 1.165) is 37.7 Å². The molecular weight excluding hydrogens is 386 g/mol. The highest BCUT2D eigenvalue weighted by Gasteiger charge is 2.28. The quantitative estimate of drug-likeness (QED) is 0.685. The van der Waals surface area contributed by atoms with Crippen LogP contribution in [-0.2, 0) is 28.9 Å². The van der Waals surface area contributed by atoms with Crippen LogP contribution < -0.4 is 5.32 Å². The van der Waals surface area contributed by atoms with Crippen molar-refractivity contribution in [3.8, 4) is 0 Å². The molecule has 0 spiro atoms. The fourth-order valence-corrected chi connectivity index (χ4v) is 4.51. The third-order valence-corrected chi connectivity index (χ3v) is 6.08. The molecule has 0 saturated heterocycles. The van der Waals surface area contributed by atoms with Gasteiger partial charge in [-0.2, -0.15) is 5.10 Å². The van der Waals surface area contributed by atoms with Gasteiger partial charge in [0.25, 0.3) is 0 Å². The maximum absolute atomic E-state index is 12.7. The van der Waals surface area contributed by atoms with Crippen molar-refractivity contribution in [2.75, 3.05) is 5.32 Å². The smallest absolute Gasteiger partial charge is 0.341 e. The topological polar surface area (TPSA) is 73.2 Å². The Morgan fingerprint density at radius 2 is 2.19 bits per heavy atom. The van der Waals surface area contributed by atoms with E-state index in [1.54, 1.807) is 10.9 Å². The van der Waals surface area contributed by atoms with Gasteiger partial charge in [-0.25, -0.2) is 4.79 Å². The standard InChI is InChI=1S/C19H24ClN3O3S/c1-3-12(2)26-19(25)17-14-6-4-5-7-15(14)27-18(17)22-16(24)8-9-23-11-13(20)10-21-23/h10-12H,3-9H2,1-2H3,(H,22,24). The Kier molecular flexibility index (Phi) is 6.55. The van der Waals surface area contributed by atoms with Crippen molar-refractivity contribution in [2.24, 2.45) is 0 Å². The highest BCUT2D eigenvalue weighted by atomic mass is 35.5. The molecule has 1 aliphatic rings. The van der Waals surface area contributed by atoms with Gasteiger partial charge in [-0.15, -0.1) is 11.3 Å². The first-order chi connectivity index (χ1) is 13.0. The molecule has 1 aliphatic carbocycles. The third-order valence-electron chi connectivity index (χ3n) is 4.68. The number of fused-ring (bicyclic) bond motifs is 1. The maximum Gasteiger partial charge on any atom is 0.341 e. The molecular formula is C19H24ClN3O3S. The Morgan fingerprint density at radius 3 is 2.89 bits per heavy atom. The summed E-state index contributed by atoms with van der Waals surface area (Å²) in [5.41, 5.74) is 1.60. The summed E-state index contributed by atoms with van der Waals surface area (Å²) in [6, 6.07) is 0. The van der Waals surface area contributed by atoms with E-state index in [4.69, 9.17) is 16.3 Å². The molecule has 1 unspecified atom stereocenters. The molecule has 0 aromatic carbocycles. The Bertz CT molecular complexity index is 830. The number of hydrogen-bond donors (Lipinski definition) is 1. The Morgan fingerprint density at radius 1 is 1.41 bits per heavy atom. The number of aromatic nitrogens is 2. The van der Waals surface area contributed by atoms with Gasteiger partial charge >= 0.3 is 5.97 Å². The minimum atomic E-state index is -0.335. The molecule has 0 bridgehead atoms. The zero-order chi connectivity index (χ0) is 19.4. The number of halogens is 1. The number of thiophene rings is 1. The van der Waals surface area contributed by atoms with Crippen molar-refractivity contribution in [1.82, 2.24) is 9.78 Å². The van der Waals surface area contributed by atoms with E-state index in [1.807, 2.05) is 13.8 Å². The molecule has 2 heterocycles. The number of nitrogens with zero attached hydrogens (tertiary/aromatic N) is 2. The van der Waals surface area contributed by atoms with Crippen molar-refractivity contribution in [3.05, 3.63) is 33.4 Å². The summed E-state index contributed by atoms with van der Waals surface area (Å²) in [6.07, 6.45) is 8.05. The molecule has 0 aliphatic heterocycles. The summed E-state index contributed by atoms with van der Waals surface area (Å²) in [6.45, 7) is 4.28. The number of hydrogen-bond acceptors (Lipinski definition) is 5. The lowest BCUT2D eigenvalue weighted by atomic mass is 9.95. The van der Waals surface area contributed by atoms with Crippen molar-refractivity contribution >= 4 is 39.8 Å². The van der Waals surface area contributed by atoms with Crippen LogP contribution in [0.2, 0.25) is 5.02 Å². The van der Waals surface area contributed by atoms with Gasteiger partial charge < -0.3 is 10.1 Å². The van der Waals surface area contributed by atoms with E-state index < -0.39 is 0 Å². The number of anilines is 1. The SMILES string of the molecule is CCC(C)OC(=O)c1c(NC(=O)CCn2cc(Cl)cn2)sc2c1CCCC2. The highest BCUT2D eigenvalue weighted by Crippen LogP contribution is 2.38. The molecule has 1 N–H and O–H groups in total. The maximum atomic E-state index is 12.7. The summed E-state index contributed by atoms with van der Waals surface area (Å²) in [4.78, 5) is 26.4. The van der Waals surface area contributed by atoms with E-state index in [1.165, 1.54) is 22.4 Å². The lowest BCUT2D eigenvalue weighted by Gasteiger charge is -2.15. The summed E-state index contributed by atoms with van der Waals surface area (Å²) in [7, 11) is 0. The van der Waals surface area contributed by atoms with E-state index in [0.29, 0.717) is 22.1 Å². The summed E-state index contributed by atoms with van der Waals surface area (Å²) < 4.78 is 7.18. The Balaban J connectivity index is 1.74. The molecule has 0 fully saturated rings. The minimum Gasteiger partial charge on any atom is -0.459 e. The fourth-order valence-electron chi connectivity index (χ4n) is 3.06. The number of rotatable bonds is 7. The average Bonchev–Trinajstić information content (AvgIpc) is 3.22. The number of ether oxygens (including phenoxy) is 1. The molecule has 27 heavy (non-hydrogen) atoms. The normalized spacial score (nSPS) is 14.5. The zero-order valence-electron chi connectivity index (χ0n) is 15.6. The largest absolute Gasteiger partial charge is 0.459 e. The molecule has 1 atom stereocenters. The van der Waals surface area contributed by atoms with Crippen molar-refractivity contribution in [3.63, 3.8) is 0 Å². The van der Waals surface area contributed by atoms with Gasteiger partial charge in [0.15, 0.2) is 0 Å². The number of esters is 1. The molecule has 8 heteroatoms. The first-order valence-electron chi connectivity index (χ1n) is 9.31.